The summed E-state index contributed by atoms with van der Waals surface area (Å²) in [5.74, 6) is -0.210. The van der Waals surface area contributed by atoms with Gasteiger partial charge in [-0.05, 0) is 17.7 Å². The molecule has 0 spiro atoms. The number of amides is 1. The molecule has 3 rings (SSSR count). The second-order valence-corrected chi connectivity index (χ2v) is 8.23. The van der Waals surface area contributed by atoms with Crippen molar-refractivity contribution in [2.75, 3.05) is 11.0 Å². The summed E-state index contributed by atoms with van der Waals surface area (Å²) in [5, 5.41) is 6.41. The van der Waals surface area contributed by atoms with Crippen molar-refractivity contribution < 1.29 is 13.2 Å². The number of carbonyl (C=O) groups excluding carboxylic acids is 1. The zero-order valence-corrected chi connectivity index (χ0v) is 15.9. The molecule has 1 N–H and O–H groups in total. The molecule has 1 heterocycles. The first-order valence-corrected chi connectivity index (χ1v) is 10.2. The lowest BCUT2D eigenvalue weighted by Crippen LogP contribution is -2.24. The Morgan fingerprint density at radius 3 is 2.50 bits per heavy atom. The summed E-state index contributed by atoms with van der Waals surface area (Å²) < 4.78 is 25.8. The van der Waals surface area contributed by atoms with E-state index in [0.717, 1.165) is 11.8 Å². The molecule has 0 radical (unpaired) electrons. The number of hydrazone groups is 1. The number of sulfonamides is 1. The van der Waals surface area contributed by atoms with Crippen LogP contribution >= 0.6 is 11.6 Å². The van der Waals surface area contributed by atoms with Crippen LogP contribution in [0.3, 0.4) is 0 Å². The van der Waals surface area contributed by atoms with Crippen LogP contribution in [0.25, 0.3) is 0 Å². The van der Waals surface area contributed by atoms with E-state index < -0.39 is 10.0 Å². The van der Waals surface area contributed by atoms with E-state index in [4.69, 9.17) is 11.6 Å². The van der Waals surface area contributed by atoms with Crippen molar-refractivity contribution in [2.45, 2.75) is 19.4 Å². The number of hydrogen-bond acceptors (Lipinski definition) is 4. The van der Waals surface area contributed by atoms with Crippen molar-refractivity contribution in [1.29, 1.82) is 0 Å². The van der Waals surface area contributed by atoms with E-state index in [1.54, 1.807) is 30.3 Å². The Morgan fingerprint density at radius 2 is 1.85 bits per heavy atom. The summed E-state index contributed by atoms with van der Waals surface area (Å²) in [5.41, 5.74) is 2.49. The van der Waals surface area contributed by atoms with Crippen LogP contribution < -0.4 is 4.72 Å². The van der Waals surface area contributed by atoms with E-state index in [1.165, 1.54) is 11.9 Å². The number of anilines is 1. The standard InChI is InChI=1S/C18H18ClN3O3S/c1-12(23)22-18(13-7-3-5-9-15(13)19)11-17(20-22)14-8-4-6-10-16(14)21-26(2,24)25/h3-10,18,21H,11H2,1-2H3/t18-/m0/s1. The molecule has 0 saturated carbocycles. The van der Waals surface area contributed by atoms with Crippen LogP contribution in [0, 0.1) is 0 Å². The third-order valence-corrected chi connectivity index (χ3v) is 4.97. The van der Waals surface area contributed by atoms with Gasteiger partial charge in [0.25, 0.3) is 0 Å². The summed E-state index contributed by atoms with van der Waals surface area (Å²) in [6, 6.07) is 14.0. The second kappa shape index (κ2) is 7.09. The topological polar surface area (TPSA) is 78.8 Å². The predicted molar refractivity (Wildman–Crippen MR) is 103 cm³/mol. The fraction of sp³-hybridized carbons (Fsp3) is 0.222. The third-order valence-electron chi connectivity index (χ3n) is 4.03. The summed E-state index contributed by atoms with van der Waals surface area (Å²) in [6.45, 7) is 1.44. The maximum atomic E-state index is 12.1. The number of para-hydroxylation sites is 1. The fourth-order valence-corrected chi connectivity index (χ4v) is 3.81. The SMILES string of the molecule is CC(=O)N1N=C(c2ccccc2NS(C)(=O)=O)C[C@H]1c1ccccc1Cl. The van der Waals surface area contributed by atoms with E-state index in [2.05, 4.69) is 9.82 Å². The minimum atomic E-state index is -3.44. The second-order valence-electron chi connectivity index (χ2n) is 6.07. The quantitative estimate of drug-likeness (QED) is 0.867. The zero-order valence-electron chi connectivity index (χ0n) is 14.3. The average Bonchev–Trinajstić information content (AvgIpc) is 2.99. The number of benzene rings is 2. The molecule has 0 fully saturated rings. The summed E-state index contributed by atoms with van der Waals surface area (Å²) in [4.78, 5) is 12.1. The van der Waals surface area contributed by atoms with E-state index in [1.807, 2.05) is 18.2 Å². The van der Waals surface area contributed by atoms with Gasteiger partial charge in [-0.1, -0.05) is 48.0 Å². The molecule has 2 aromatic carbocycles. The fourth-order valence-electron chi connectivity index (χ4n) is 2.97. The van der Waals surface area contributed by atoms with Gasteiger partial charge in [-0.3, -0.25) is 9.52 Å². The molecule has 0 aliphatic carbocycles. The van der Waals surface area contributed by atoms with Gasteiger partial charge in [0.1, 0.15) is 0 Å². The van der Waals surface area contributed by atoms with Crippen molar-refractivity contribution in [3.05, 3.63) is 64.7 Å². The van der Waals surface area contributed by atoms with E-state index in [0.29, 0.717) is 28.4 Å². The van der Waals surface area contributed by atoms with Gasteiger partial charge in [0.05, 0.1) is 23.7 Å². The molecule has 26 heavy (non-hydrogen) atoms. The lowest BCUT2D eigenvalue weighted by Gasteiger charge is -2.21. The molecule has 1 aliphatic heterocycles. The molecule has 0 aromatic heterocycles. The van der Waals surface area contributed by atoms with Gasteiger partial charge in [0.2, 0.25) is 15.9 Å². The van der Waals surface area contributed by atoms with E-state index in [-0.39, 0.29) is 11.9 Å². The number of carbonyl (C=O) groups is 1. The number of nitrogens with one attached hydrogen (secondary N) is 1. The summed E-state index contributed by atoms with van der Waals surface area (Å²) in [6.07, 6.45) is 1.53. The highest BCUT2D eigenvalue weighted by Gasteiger charge is 2.33. The number of hydrogen-bond donors (Lipinski definition) is 1. The van der Waals surface area contributed by atoms with Crippen LogP contribution in [0.4, 0.5) is 5.69 Å². The Morgan fingerprint density at radius 1 is 1.19 bits per heavy atom. The van der Waals surface area contributed by atoms with Crippen LogP contribution in [0.15, 0.2) is 53.6 Å². The van der Waals surface area contributed by atoms with Crippen LogP contribution in [0.5, 0.6) is 0 Å². The average molecular weight is 392 g/mol. The van der Waals surface area contributed by atoms with Gasteiger partial charge >= 0.3 is 0 Å². The maximum absolute atomic E-state index is 12.1. The Labute approximate surface area is 157 Å². The van der Waals surface area contributed by atoms with Crippen molar-refractivity contribution in [3.63, 3.8) is 0 Å². The Kier molecular flexibility index (Phi) is 5.02. The smallest absolute Gasteiger partial charge is 0.240 e. The highest BCUT2D eigenvalue weighted by atomic mass is 35.5. The molecule has 0 unspecified atom stereocenters. The minimum Gasteiger partial charge on any atom is -0.283 e. The molecule has 8 heteroatoms. The van der Waals surface area contributed by atoms with Crippen LogP contribution in [0.2, 0.25) is 5.02 Å². The first kappa shape index (κ1) is 18.4. The molecule has 136 valence electrons. The van der Waals surface area contributed by atoms with Gasteiger partial charge in [0, 0.05) is 23.9 Å². The molecule has 1 amide bonds. The Hall–Kier alpha value is -2.38. The van der Waals surface area contributed by atoms with E-state index in [9.17, 15) is 13.2 Å². The molecular weight excluding hydrogens is 374 g/mol. The molecule has 2 aromatic rings. The monoisotopic (exact) mass is 391 g/mol. The van der Waals surface area contributed by atoms with Gasteiger partial charge in [-0.2, -0.15) is 5.10 Å². The lowest BCUT2D eigenvalue weighted by atomic mass is 9.97. The van der Waals surface area contributed by atoms with Crippen LogP contribution in [-0.4, -0.2) is 31.3 Å². The van der Waals surface area contributed by atoms with Gasteiger partial charge in [0.15, 0.2) is 0 Å². The maximum Gasteiger partial charge on any atom is 0.240 e. The highest BCUT2D eigenvalue weighted by molar-refractivity contribution is 7.92. The number of rotatable bonds is 4. The van der Waals surface area contributed by atoms with Crippen LogP contribution in [-0.2, 0) is 14.8 Å². The van der Waals surface area contributed by atoms with Crippen molar-refractivity contribution in [2.24, 2.45) is 5.10 Å². The highest BCUT2D eigenvalue weighted by Crippen LogP contribution is 2.37. The predicted octanol–water partition coefficient (Wildman–Crippen LogP) is 3.41. The Balaban J connectivity index is 2.02. The number of nitrogens with zero attached hydrogens (tertiary/aromatic N) is 2. The van der Waals surface area contributed by atoms with Gasteiger partial charge in [-0.15, -0.1) is 0 Å². The van der Waals surface area contributed by atoms with Crippen LogP contribution in [0.1, 0.15) is 30.5 Å². The third kappa shape index (κ3) is 3.89. The molecule has 0 bridgehead atoms. The normalized spacial score (nSPS) is 17.1. The van der Waals surface area contributed by atoms with Gasteiger partial charge in [-0.25, -0.2) is 13.4 Å². The number of halogens is 1. The van der Waals surface area contributed by atoms with Crippen molar-refractivity contribution >= 4 is 38.9 Å². The van der Waals surface area contributed by atoms with Crippen molar-refractivity contribution in [3.8, 4) is 0 Å². The molecule has 1 aliphatic rings. The zero-order chi connectivity index (χ0) is 18.9. The van der Waals surface area contributed by atoms with Gasteiger partial charge < -0.3 is 0 Å². The molecular formula is C18H18ClN3O3S. The molecule has 1 atom stereocenters. The first-order chi connectivity index (χ1) is 12.3. The molecule has 6 nitrogen and oxygen atoms in total. The van der Waals surface area contributed by atoms with Crippen molar-refractivity contribution in [1.82, 2.24) is 5.01 Å². The largest absolute Gasteiger partial charge is 0.283 e. The lowest BCUT2D eigenvalue weighted by molar-refractivity contribution is -0.130. The van der Waals surface area contributed by atoms with E-state index >= 15 is 0 Å². The molecule has 0 saturated heterocycles. The summed E-state index contributed by atoms with van der Waals surface area (Å²) in [7, 11) is -3.44. The first-order valence-electron chi connectivity index (χ1n) is 7.95. The summed E-state index contributed by atoms with van der Waals surface area (Å²) >= 11 is 6.31. The Bertz CT molecular complexity index is 989. The minimum absolute atomic E-state index is 0.210.